The molecule has 106 valence electrons. The zero-order valence-electron chi connectivity index (χ0n) is 12.7. The highest BCUT2D eigenvalue weighted by molar-refractivity contribution is 5.66. The van der Waals surface area contributed by atoms with E-state index in [9.17, 15) is 4.79 Å². The molecule has 0 rings (SSSR count). The molecule has 0 fully saturated rings. The predicted molar refractivity (Wildman–Crippen MR) is 81.9 cm³/mol. The predicted octanol–water partition coefficient (Wildman–Crippen LogP) is 4.74. The maximum absolute atomic E-state index is 11.1. The molecule has 1 unspecified atom stereocenters. The lowest BCUT2D eigenvalue weighted by Gasteiger charge is -2.18. The van der Waals surface area contributed by atoms with E-state index in [1.165, 1.54) is 12.5 Å². The highest BCUT2D eigenvalue weighted by Gasteiger charge is 2.14. The Kier molecular flexibility index (Phi) is 8.60. The van der Waals surface area contributed by atoms with Gasteiger partial charge >= 0.3 is 5.97 Å². The Hall–Kier alpha value is -1.57. The van der Waals surface area contributed by atoms with E-state index in [2.05, 4.69) is 33.1 Å². The third-order valence-corrected chi connectivity index (χ3v) is 2.76. The highest BCUT2D eigenvalue weighted by Crippen LogP contribution is 2.17. The molecule has 0 radical (unpaired) electrons. The molecule has 1 atom stereocenters. The highest BCUT2D eigenvalue weighted by atomic mass is 16.5. The van der Waals surface area contributed by atoms with Gasteiger partial charge < -0.3 is 4.74 Å². The van der Waals surface area contributed by atoms with Gasteiger partial charge in [0, 0.05) is 13.3 Å². The number of rotatable bonds is 8. The quantitative estimate of drug-likeness (QED) is 0.359. The average Bonchev–Trinajstić information content (AvgIpc) is 2.32. The Morgan fingerprint density at radius 3 is 2.32 bits per heavy atom. The molecule has 0 aliphatic carbocycles. The summed E-state index contributed by atoms with van der Waals surface area (Å²) in [5.41, 5.74) is 3.33. The minimum absolute atomic E-state index is 0.238. The molecule has 0 saturated heterocycles. The average molecular weight is 262 g/mol. The summed E-state index contributed by atoms with van der Waals surface area (Å²) in [5.74, 6) is -0.266. The second-order valence-corrected chi connectivity index (χ2v) is 4.96. The molecule has 0 N–H and O–H groups in total. The molecule has 0 heterocycles. The maximum Gasteiger partial charge on any atom is 0.303 e. The maximum atomic E-state index is 11.1. The molecule has 0 aromatic rings. The van der Waals surface area contributed by atoms with E-state index < -0.39 is 0 Å². The number of ether oxygens (including phenoxy) is 1. The van der Waals surface area contributed by atoms with Gasteiger partial charge in [0.1, 0.15) is 6.10 Å². The van der Waals surface area contributed by atoms with Crippen molar-refractivity contribution in [3.63, 3.8) is 0 Å². The fourth-order valence-electron chi connectivity index (χ4n) is 1.58. The zero-order chi connectivity index (χ0) is 14.8. The third-order valence-electron chi connectivity index (χ3n) is 2.76. The molecular weight excluding hydrogens is 236 g/mol. The molecule has 0 spiro atoms. The van der Waals surface area contributed by atoms with Gasteiger partial charge in [-0.05, 0) is 39.2 Å². The van der Waals surface area contributed by atoms with Crippen LogP contribution in [-0.4, -0.2) is 12.1 Å². The van der Waals surface area contributed by atoms with Crippen molar-refractivity contribution in [1.29, 1.82) is 0 Å². The van der Waals surface area contributed by atoms with Crippen LogP contribution in [0.4, 0.5) is 0 Å². The summed E-state index contributed by atoms with van der Waals surface area (Å²) in [5, 5.41) is 0. The zero-order valence-corrected chi connectivity index (χ0v) is 12.7. The van der Waals surface area contributed by atoms with Crippen LogP contribution in [0.3, 0.4) is 0 Å². The normalized spacial score (nSPS) is 12.5. The second kappa shape index (κ2) is 9.37. The summed E-state index contributed by atoms with van der Waals surface area (Å²) in [6.07, 6.45) is 8.17. The number of hydrogen-bond acceptors (Lipinski definition) is 2. The first-order valence-corrected chi connectivity index (χ1v) is 6.64. The van der Waals surface area contributed by atoms with Crippen LogP contribution >= 0.6 is 0 Å². The lowest BCUT2D eigenvalue weighted by Crippen LogP contribution is -2.18. The van der Waals surface area contributed by atoms with Crippen molar-refractivity contribution in [2.45, 2.75) is 53.1 Å². The fraction of sp³-hybridized carbons (Fsp3) is 0.471. The molecule has 19 heavy (non-hydrogen) atoms. The van der Waals surface area contributed by atoms with Gasteiger partial charge in [0.15, 0.2) is 0 Å². The summed E-state index contributed by atoms with van der Waals surface area (Å²) in [7, 11) is 0. The summed E-state index contributed by atoms with van der Waals surface area (Å²) < 4.78 is 5.33. The number of carbonyl (C=O) groups excluding carboxylic acids is 1. The van der Waals surface area contributed by atoms with Crippen molar-refractivity contribution in [2.75, 3.05) is 0 Å². The molecule has 0 bridgehead atoms. The van der Waals surface area contributed by atoms with E-state index in [1.807, 2.05) is 13.0 Å². The standard InChI is InChI=1S/C17H26O2/c1-7-14(4)11-12-17(19-16(6)18)15(5)10-8-9-13(2)3/h7,9,11,17H,1,5,8,10,12H2,2-4,6H3. The molecule has 0 aliphatic rings. The van der Waals surface area contributed by atoms with Crippen molar-refractivity contribution in [2.24, 2.45) is 0 Å². The van der Waals surface area contributed by atoms with Crippen LogP contribution in [-0.2, 0) is 9.53 Å². The molecule has 0 aliphatic heterocycles. The van der Waals surface area contributed by atoms with Crippen LogP contribution in [0.5, 0.6) is 0 Å². The molecule has 2 heteroatoms. The second-order valence-electron chi connectivity index (χ2n) is 4.96. The largest absolute Gasteiger partial charge is 0.458 e. The molecule has 0 aromatic carbocycles. The Morgan fingerprint density at radius 1 is 1.21 bits per heavy atom. The topological polar surface area (TPSA) is 26.3 Å². The van der Waals surface area contributed by atoms with Crippen molar-refractivity contribution < 1.29 is 9.53 Å². The minimum Gasteiger partial charge on any atom is -0.458 e. The van der Waals surface area contributed by atoms with Gasteiger partial charge in [-0.3, -0.25) is 4.79 Å². The van der Waals surface area contributed by atoms with E-state index in [0.29, 0.717) is 6.42 Å². The van der Waals surface area contributed by atoms with Gasteiger partial charge in [0.25, 0.3) is 0 Å². The first kappa shape index (κ1) is 17.4. The SMILES string of the molecule is C=CC(C)=CCC(OC(C)=O)C(=C)CCC=C(C)C. The van der Waals surface area contributed by atoms with Gasteiger partial charge in [-0.2, -0.15) is 0 Å². The fourth-order valence-corrected chi connectivity index (χ4v) is 1.58. The van der Waals surface area contributed by atoms with E-state index in [-0.39, 0.29) is 12.1 Å². The number of esters is 1. The van der Waals surface area contributed by atoms with Gasteiger partial charge in [0.2, 0.25) is 0 Å². The molecular formula is C17H26O2. The third kappa shape index (κ3) is 9.06. The van der Waals surface area contributed by atoms with Crippen LogP contribution in [0.2, 0.25) is 0 Å². The summed E-state index contributed by atoms with van der Waals surface area (Å²) >= 11 is 0. The van der Waals surface area contributed by atoms with Gasteiger partial charge in [-0.1, -0.05) is 42.5 Å². The monoisotopic (exact) mass is 262 g/mol. The van der Waals surface area contributed by atoms with Crippen molar-refractivity contribution in [1.82, 2.24) is 0 Å². The summed E-state index contributed by atoms with van der Waals surface area (Å²) in [6, 6.07) is 0. The van der Waals surface area contributed by atoms with E-state index >= 15 is 0 Å². The molecule has 0 amide bonds. The van der Waals surface area contributed by atoms with Crippen LogP contribution in [0.25, 0.3) is 0 Å². The molecule has 2 nitrogen and oxygen atoms in total. The van der Waals surface area contributed by atoms with Gasteiger partial charge in [0.05, 0.1) is 0 Å². The molecule has 0 saturated carbocycles. The van der Waals surface area contributed by atoms with Crippen LogP contribution in [0, 0.1) is 0 Å². The Balaban J connectivity index is 4.56. The van der Waals surface area contributed by atoms with E-state index in [1.54, 1.807) is 6.08 Å². The summed E-state index contributed by atoms with van der Waals surface area (Å²) in [6.45, 7) is 15.3. The Labute approximate surface area is 117 Å². The van der Waals surface area contributed by atoms with Gasteiger partial charge in [-0.25, -0.2) is 0 Å². The number of hydrogen-bond donors (Lipinski definition) is 0. The van der Waals surface area contributed by atoms with Gasteiger partial charge in [-0.15, -0.1) is 0 Å². The van der Waals surface area contributed by atoms with Crippen molar-refractivity contribution in [3.05, 3.63) is 48.1 Å². The number of carbonyl (C=O) groups is 1. The molecule has 0 aromatic heterocycles. The Morgan fingerprint density at radius 2 is 1.84 bits per heavy atom. The lowest BCUT2D eigenvalue weighted by molar-refractivity contribution is -0.144. The van der Waals surface area contributed by atoms with Crippen LogP contribution in [0.1, 0.15) is 47.0 Å². The first-order valence-electron chi connectivity index (χ1n) is 6.64. The smallest absolute Gasteiger partial charge is 0.303 e. The van der Waals surface area contributed by atoms with Crippen molar-refractivity contribution >= 4 is 5.97 Å². The first-order chi connectivity index (χ1) is 8.86. The van der Waals surface area contributed by atoms with E-state index in [4.69, 9.17) is 4.74 Å². The lowest BCUT2D eigenvalue weighted by atomic mass is 10.0. The summed E-state index contributed by atoms with van der Waals surface area (Å²) in [4.78, 5) is 11.1. The van der Waals surface area contributed by atoms with Crippen LogP contribution < -0.4 is 0 Å². The van der Waals surface area contributed by atoms with Crippen molar-refractivity contribution in [3.8, 4) is 0 Å². The van der Waals surface area contributed by atoms with Crippen LogP contribution in [0.15, 0.2) is 48.1 Å². The minimum atomic E-state index is -0.266. The van der Waals surface area contributed by atoms with E-state index in [0.717, 1.165) is 24.0 Å². The Bertz CT molecular complexity index is 382. The number of allylic oxidation sites excluding steroid dienone is 4.